The van der Waals surface area contributed by atoms with Crippen molar-refractivity contribution in [3.8, 4) is 44.5 Å². The molecule has 2 nitrogen and oxygen atoms in total. The standard InChI is InChI=1S/C66H65BN2/c1-62(2,3)41-27-31-44(32-28-41)69-54-35-30-43(64(7,8)9)38-50(54)57-58-49(46-24-18-20-26-52(46)65(58,10)11)39-56-60(57)67(69)61-55(36-33-47-45-23-17-19-25-51(45)66(12,13)59(47)61)68(56)53-34-29-42(63(4,5)6)37-48(53)40-21-15-14-16-22-40/h14-39H,1-13H3. The summed E-state index contributed by atoms with van der Waals surface area (Å²) in [5, 5.41) is 0. The monoisotopic (exact) mass is 897 g/mol. The minimum absolute atomic E-state index is 0.0222. The van der Waals surface area contributed by atoms with Crippen LogP contribution in [0.1, 0.15) is 129 Å². The van der Waals surface area contributed by atoms with E-state index in [1.54, 1.807) is 0 Å². The van der Waals surface area contributed by atoms with Crippen molar-refractivity contribution in [1.29, 1.82) is 0 Å². The van der Waals surface area contributed by atoms with Crippen LogP contribution in [0.4, 0.5) is 28.4 Å². The maximum atomic E-state index is 2.75. The molecule has 8 aromatic carbocycles. The lowest BCUT2D eigenvalue weighted by molar-refractivity contribution is 0.590. The Morgan fingerprint density at radius 1 is 0.377 bits per heavy atom. The van der Waals surface area contributed by atoms with Crippen molar-refractivity contribution in [1.82, 2.24) is 0 Å². The molecule has 3 heteroatoms. The van der Waals surface area contributed by atoms with Gasteiger partial charge >= 0.3 is 6.85 Å². The Morgan fingerprint density at radius 3 is 1.49 bits per heavy atom. The molecule has 0 amide bonds. The minimum atomic E-state index is -0.274. The fourth-order valence-electron chi connectivity index (χ4n) is 12.9. The number of hydrogen-bond acceptors (Lipinski definition) is 2. The molecular formula is C66H65BN2. The highest BCUT2D eigenvalue weighted by atomic mass is 15.2. The zero-order chi connectivity index (χ0) is 48.3. The summed E-state index contributed by atoms with van der Waals surface area (Å²) in [7, 11) is 0. The van der Waals surface area contributed by atoms with E-state index in [1.807, 2.05) is 0 Å². The largest absolute Gasteiger partial charge is 0.376 e. The van der Waals surface area contributed by atoms with Crippen LogP contribution in [0.5, 0.6) is 0 Å². The molecule has 12 rings (SSSR count). The van der Waals surface area contributed by atoms with E-state index in [4.69, 9.17) is 0 Å². The fourth-order valence-corrected chi connectivity index (χ4v) is 12.9. The van der Waals surface area contributed by atoms with E-state index in [1.165, 1.54) is 123 Å². The van der Waals surface area contributed by atoms with Crippen LogP contribution in [0.2, 0.25) is 0 Å². The van der Waals surface area contributed by atoms with Crippen molar-refractivity contribution in [2.75, 3.05) is 9.71 Å². The summed E-state index contributed by atoms with van der Waals surface area (Å²) in [5.41, 5.74) is 28.5. The van der Waals surface area contributed by atoms with Crippen LogP contribution < -0.4 is 20.6 Å². The molecule has 0 radical (unpaired) electrons. The predicted octanol–water partition coefficient (Wildman–Crippen LogP) is 16.6. The normalized spacial score (nSPS) is 15.8. The van der Waals surface area contributed by atoms with Crippen LogP contribution >= 0.6 is 0 Å². The molecule has 0 spiro atoms. The highest BCUT2D eigenvalue weighted by Gasteiger charge is 2.53. The van der Waals surface area contributed by atoms with E-state index in [9.17, 15) is 0 Å². The lowest BCUT2D eigenvalue weighted by Gasteiger charge is -2.49. The third kappa shape index (κ3) is 6.24. The van der Waals surface area contributed by atoms with Crippen molar-refractivity contribution in [3.05, 3.63) is 197 Å². The van der Waals surface area contributed by atoms with Gasteiger partial charge in [-0.15, -0.1) is 0 Å². The Balaban J connectivity index is 1.29. The van der Waals surface area contributed by atoms with E-state index in [0.717, 1.165) is 0 Å². The molecule has 0 aromatic heterocycles. The summed E-state index contributed by atoms with van der Waals surface area (Å²) in [6.07, 6.45) is 0. The van der Waals surface area contributed by atoms with Gasteiger partial charge in [-0.25, -0.2) is 0 Å². The van der Waals surface area contributed by atoms with Gasteiger partial charge < -0.3 is 9.71 Å². The number of hydrogen-bond donors (Lipinski definition) is 0. The Labute approximate surface area is 412 Å². The Hall–Kier alpha value is -6.58. The van der Waals surface area contributed by atoms with Gasteiger partial charge in [-0.05, 0) is 148 Å². The second-order valence-electron chi connectivity index (χ2n) is 24.6. The summed E-state index contributed by atoms with van der Waals surface area (Å²) >= 11 is 0. The maximum Gasteiger partial charge on any atom is 0.333 e. The zero-order valence-electron chi connectivity index (χ0n) is 43.0. The van der Waals surface area contributed by atoms with E-state index in [-0.39, 0.29) is 33.9 Å². The van der Waals surface area contributed by atoms with Crippen LogP contribution in [0.25, 0.3) is 44.5 Å². The van der Waals surface area contributed by atoms with Crippen LogP contribution in [-0.4, -0.2) is 6.85 Å². The summed E-state index contributed by atoms with van der Waals surface area (Å²) in [4.78, 5) is 5.45. The van der Waals surface area contributed by atoms with Gasteiger partial charge in [-0.3, -0.25) is 0 Å². The Kier molecular flexibility index (Phi) is 9.17. The maximum absolute atomic E-state index is 2.75. The lowest BCUT2D eigenvalue weighted by atomic mass is 9.41. The summed E-state index contributed by atoms with van der Waals surface area (Å²) < 4.78 is 0. The van der Waals surface area contributed by atoms with Crippen molar-refractivity contribution >= 4 is 46.2 Å². The molecule has 2 aliphatic carbocycles. The second-order valence-corrected chi connectivity index (χ2v) is 24.6. The highest BCUT2D eigenvalue weighted by Crippen LogP contribution is 2.60. The van der Waals surface area contributed by atoms with Gasteiger partial charge in [0.15, 0.2) is 0 Å². The first-order valence-electron chi connectivity index (χ1n) is 25.3. The fraction of sp³-hybridized carbons (Fsp3) is 0.273. The van der Waals surface area contributed by atoms with Gasteiger partial charge in [-0.2, -0.15) is 0 Å². The van der Waals surface area contributed by atoms with E-state index >= 15 is 0 Å². The third-order valence-corrected chi connectivity index (χ3v) is 16.5. The molecule has 8 aromatic rings. The molecule has 2 aliphatic heterocycles. The quantitative estimate of drug-likeness (QED) is 0.163. The number of anilines is 5. The Morgan fingerprint density at radius 2 is 0.884 bits per heavy atom. The van der Waals surface area contributed by atoms with Crippen molar-refractivity contribution < 1.29 is 0 Å². The number of nitrogens with zero attached hydrogens (tertiary/aromatic N) is 2. The first-order valence-corrected chi connectivity index (χ1v) is 25.3. The van der Waals surface area contributed by atoms with Gasteiger partial charge in [0.2, 0.25) is 0 Å². The average Bonchev–Trinajstić information content (AvgIpc) is 3.70. The smallest absolute Gasteiger partial charge is 0.333 e. The minimum Gasteiger partial charge on any atom is -0.376 e. The average molecular weight is 897 g/mol. The first-order chi connectivity index (χ1) is 32.7. The van der Waals surface area contributed by atoms with E-state index in [0.29, 0.717) is 0 Å². The van der Waals surface area contributed by atoms with Crippen molar-refractivity contribution in [2.24, 2.45) is 0 Å². The Bertz CT molecular complexity index is 3440. The van der Waals surface area contributed by atoms with Crippen molar-refractivity contribution in [3.63, 3.8) is 0 Å². The van der Waals surface area contributed by atoms with Crippen LogP contribution in [0, 0.1) is 0 Å². The summed E-state index contributed by atoms with van der Waals surface area (Å²) in [6, 6.07) is 61.4. The number of fused-ring (bicyclic) bond motifs is 12. The predicted molar refractivity (Wildman–Crippen MR) is 297 cm³/mol. The van der Waals surface area contributed by atoms with Gasteiger partial charge in [0.05, 0.1) is 5.69 Å². The molecule has 342 valence electrons. The molecule has 0 unspecified atom stereocenters. The molecule has 69 heavy (non-hydrogen) atoms. The van der Waals surface area contributed by atoms with Gasteiger partial charge in [0.25, 0.3) is 0 Å². The molecule has 0 fully saturated rings. The molecule has 0 saturated carbocycles. The van der Waals surface area contributed by atoms with E-state index in [2.05, 4.69) is 257 Å². The third-order valence-electron chi connectivity index (χ3n) is 16.5. The summed E-state index contributed by atoms with van der Waals surface area (Å²) in [5.74, 6) is 0. The summed E-state index contributed by atoms with van der Waals surface area (Å²) in [6.45, 7) is 30.8. The molecule has 0 atom stereocenters. The molecule has 0 saturated heterocycles. The number of benzene rings is 8. The van der Waals surface area contributed by atoms with Crippen LogP contribution in [-0.2, 0) is 27.1 Å². The second kappa shape index (κ2) is 14.5. The SMILES string of the molecule is CC(C)(C)c1ccc(N2B3c4c(cc5c(c4-c4cc(C(C)(C)C)ccc42)C(C)(C)c2ccccc2-5)N(c2ccc(C(C)(C)C)cc2-c2ccccc2)c2ccc4c(c23)C(C)(C)c2ccccc2-4)cc1. The highest BCUT2D eigenvalue weighted by molar-refractivity contribution is 6.94. The first kappa shape index (κ1) is 43.7. The van der Waals surface area contributed by atoms with Crippen LogP contribution in [0.3, 0.4) is 0 Å². The lowest BCUT2D eigenvalue weighted by Crippen LogP contribution is -2.63. The van der Waals surface area contributed by atoms with E-state index < -0.39 is 0 Å². The van der Waals surface area contributed by atoms with Gasteiger partial charge in [0.1, 0.15) is 0 Å². The molecule has 4 aliphatic rings. The van der Waals surface area contributed by atoms with Gasteiger partial charge in [-0.1, -0.05) is 199 Å². The topological polar surface area (TPSA) is 6.48 Å². The number of rotatable bonds is 3. The van der Waals surface area contributed by atoms with Crippen molar-refractivity contribution in [2.45, 2.75) is 117 Å². The molecule has 0 bridgehead atoms. The zero-order valence-corrected chi connectivity index (χ0v) is 43.0. The molecule has 2 heterocycles. The molecule has 0 N–H and O–H groups in total. The molecular weight excluding hydrogens is 832 g/mol. The van der Waals surface area contributed by atoms with Gasteiger partial charge in [0, 0.05) is 44.7 Å². The van der Waals surface area contributed by atoms with Crippen LogP contribution in [0.15, 0.2) is 158 Å².